The first kappa shape index (κ1) is 20.5. The van der Waals surface area contributed by atoms with Gasteiger partial charge in [0.05, 0.1) is 25.2 Å². The predicted octanol–water partition coefficient (Wildman–Crippen LogP) is 0.925. The number of carbonyl (C=O) groups excluding carboxylic acids is 3. The molecule has 0 saturated carbocycles. The summed E-state index contributed by atoms with van der Waals surface area (Å²) in [7, 11) is 0. The fourth-order valence-electron chi connectivity index (χ4n) is 1.68. The van der Waals surface area contributed by atoms with Gasteiger partial charge in [-0.2, -0.15) is 13.2 Å². The number of hydrogen-bond donors (Lipinski definition) is 1. The van der Waals surface area contributed by atoms with Crippen molar-refractivity contribution in [2.45, 2.75) is 32.0 Å². The molecule has 0 aliphatic rings. The maximum absolute atomic E-state index is 12.4. The van der Waals surface area contributed by atoms with E-state index >= 15 is 0 Å². The van der Waals surface area contributed by atoms with Gasteiger partial charge >= 0.3 is 18.1 Å². The van der Waals surface area contributed by atoms with Gasteiger partial charge in [0.1, 0.15) is 0 Å². The zero-order chi connectivity index (χ0) is 19.3. The Bertz CT molecular complexity index is 627. The highest BCUT2D eigenvalue weighted by Crippen LogP contribution is 2.26. The van der Waals surface area contributed by atoms with Crippen molar-refractivity contribution < 1.29 is 42.1 Å². The summed E-state index contributed by atoms with van der Waals surface area (Å²) >= 11 is 0. The van der Waals surface area contributed by atoms with Crippen LogP contribution in [-0.4, -0.2) is 51.6 Å². The van der Waals surface area contributed by atoms with Gasteiger partial charge in [-0.25, -0.2) is 19.6 Å². The van der Waals surface area contributed by atoms with E-state index in [1.807, 2.05) is 0 Å². The van der Waals surface area contributed by atoms with E-state index in [-0.39, 0.29) is 13.2 Å². The molecule has 25 heavy (non-hydrogen) atoms. The smallest absolute Gasteiger partial charge is 0.451 e. The van der Waals surface area contributed by atoms with Crippen LogP contribution in [0.1, 0.15) is 36.5 Å². The predicted molar refractivity (Wildman–Crippen MR) is 74.2 cm³/mol. The summed E-state index contributed by atoms with van der Waals surface area (Å²) in [6.45, 7) is 2.46. The summed E-state index contributed by atoms with van der Waals surface area (Å²) in [5.41, 5.74) is -3.36. The average molecular weight is 364 g/mol. The number of rotatable bonds is 7. The number of ketones is 1. The Morgan fingerprint density at radius 3 is 1.84 bits per heavy atom. The Morgan fingerprint density at radius 1 is 1.04 bits per heavy atom. The monoisotopic (exact) mass is 364 g/mol. The number of aliphatic hydroxyl groups is 1. The Hall–Kier alpha value is -2.56. The number of nitrogens with zero attached hydrogens (tertiary/aromatic N) is 2. The van der Waals surface area contributed by atoms with E-state index in [2.05, 4.69) is 19.4 Å². The van der Waals surface area contributed by atoms with E-state index in [4.69, 9.17) is 0 Å². The molecule has 1 rings (SSSR count). The zero-order valence-corrected chi connectivity index (χ0v) is 13.3. The molecule has 1 aromatic heterocycles. The van der Waals surface area contributed by atoms with Gasteiger partial charge in [0.2, 0.25) is 5.82 Å². The first-order valence-electron chi connectivity index (χ1n) is 7.05. The van der Waals surface area contributed by atoms with Crippen LogP contribution in [0.2, 0.25) is 0 Å². The average Bonchev–Trinajstić information content (AvgIpc) is 2.54. The lowest BCUT2D eigenvalue weighted by atomic mass is 9.94. The van der Waals surface area contributed by atoms with E-state index in [9.17, 15) is 32.7 Å². The minimum absolute atomic E-state index is 0.182. The van der Waals surface area contributed by atoms with Crippen molar-refractivity contribution in [2.24, 2.45) is 0 Å². The fourth-order valence-corrected chi connectivity index (χ4v) is 1.68. The Balaban J connectivity index is 3.05. The minimum Gasteiger partial charge on any atom is -0.463 e. The Morgan fingerprint density at radius 2 is 1.48 bits per heavy atom. The molecule has 0 amide bonds. The van der Waals surface area contributed by atoms with Crippen molar-refractivity contribution in [2.75, 3.05) is 13.2 Å². The van der Waals surface area contributed by atoms with E-state index in [0.29, 0.717) is 12.4 Å². The minimum atomic E-state index is -4.79. The molecule has 0 aliphatic heterocycles. The van der Waals surface area contributed by atoms with Crippen molar-refractivity contribution in [1.29, 1.82) is 0 Å². The van der Waals surface area contributed by atoms with E-state index < -0.39 is 47.3 Å². The van der Waals surface area contributed by atoms with Gasteiger partial charge in [-0.3, -0.25) is 4.79 Å². The number of carbonyl (C=O) groups is 3. The van der Waals surface area contributed by atoms with E-state index in [1.54, 1.807) is 0 Å². The van der Waals surface area contributed by atoms with Crippen LogP contribution in [-0.2, 0) is 25.2 Å². The molecule has 0 spiro atoms. The van der Waals surface area contributed by atoms with Crippen LogP contribution in [0, 0.1) is 0 Å². The normalized spacial score (nSPS) is 11.8. The lowest BCUT2D eigenvalue weighted by Crippen LogP contribution is -2.50. The number of alkyl halides is 3. The molecule has 0 unspecified atom stereocenters. The Labute approximate surface area is 140 Å². The SMILES string of the molecule is CCOC(=O)C(O)(CC(=O)c1cnc(C(F)(F)F)nc1)C(=O)OCC. The van der Waals surface area contributed by atoms with Crippen LogP contribution < -0.4 is 0 Å². The van der Waals surface area contributed by atoms with Crippen molar-refractivity contribution in [1.82, 2.24) is 9.97 Å². The number of Topliss-reactive ketones (excluding diaryl/α,β-unsaturated/α-hetero) is 1. The Kier molecular flexibility index (Phi) is 6.56. The van der Waals surface area contributed by atoms with E-state index in [0.717, 1.165) is 0 Å². The van der Waals surface area contributed by atoms with Crippen LogP contribution in [0.5, 0.6) is 0 Å². The molecule has 0 aliphatic carbocycles. The first-order chi connectivity index (χ1) is 11.6. The summed E-state index contributed by atoms with van der Waals surface area (Å²) in [6.07, 6.45) is -4.73. The van der Waals surface area contributed by atoms with Crippen LogP contribution >= 0.6 is 0 Å². The molecule has 0 aromatic carbocycles. The molecular weight excluding hydrogens is 349 g/mol. The highest BCUT2D eigenvalue weighted by Gasteiger charge is 2.49. The molecule has 1 heterocycles. The highest BCUT2D eigenvalue weighted by atomic mass is 19.4. The quantitative estimate of drug-likeness (QED) is 0.431. The van der Waals surface area contributed by atoms with Gasteiger partial charge in [0, 0.05) is 12.4 Å². The highest BCUT2D eigenvalue weighted by molar-refractivity contribution is 6.09. The molecule has 0 atom stereocenters. The number of aromatic nitrogens is 2. The van der Waals surface area contributed by atoms with Crippen molar-refractivity contribution in [3.63, 3.8) is 0 Å². The third-order valence-corrected chi connectivity index (χ3v) is 2.87. The fraction of sp³-hybridized carbons (Fsp3) is 0.500. The molecule has 138 valence electrons. The van der Waals surface area contributed by atoms with Gasteiger partial charge in [-0.15, -0.1) is 0 Å². The van der Waals surface area contributed by atoms with Crippen LogP contribution in [0.25, 0.3) is 0 Å². The summed E-state index contributed by atoms with van der Waals surface area (Å²) in [6, 6.07) is 0. The molecular formula is C14H15F3N2O6. The largest absolute Gasteiger partial charge is 0.463 e. The number of hydrogen-bond acceptors (Lipinski definition) is 8. The molecule has 0 bridgehead atoms. The molecule has 1 aromatic rings. The third kappa shape index (κ3) is 4.95. The standard InChI is InChI=1S/C14H15F3N2O6/c1-3-24-11(21)13(23,12(22)25-4-2)5-9(20)8-6-18-10(19-7-8)14(15,16)17/h6-7,23H,3-5H2,1-2H3. The second-order valence-corrected chi connectivity index (χ2v) is 4.69. The van der Waals surface area contributed by atoms with Gasteiger partial charge in [-0.1, -0.05) is 0 Å². The summed E-state index contributed by atoms with van der Waals surface area (Å²) in [4.78, 5) is 41.7. The lowest BCUT2D eigenvalue weighted by molar-refractivity contribution is -0.182. The number of ether oxygens (including phenoxy) is 2. The molecule has 0 radical (unpaired) electrons. The van der Waals surface area contributed by atoms with Gasteiger partial charge in [-0.05, 0) is 13.8 Å². The third-order valence-electron chi connectivity index (χ3n) is 2.87. The molecule has 11 heteroatoms. The number of esters is 2. The van der Waals surface area contributed by atoms with Gasteiger partial charge in [0.15, 0.2) is 5.78 Å². The molecule has 8 nitrogen and oxygen atoms in total. The maximum atomic E-state index is 12.4. The van der Waals surface area contributed by atoms with Crippen molar-refractivity contribution >= 4 is 17.7 Å². The van der Waals surface area contributed by atoms with Gasteiger partial charge < -0.3 is 14.6 Å². The summed E-state index contributed by atoms with van der Waals surface area (Å²) in [5, 5.41) is 10.2. The lowest BCUT2D eigenvalue weighted by Gasteiger charge is -2.22. The summed E-state index contributed by atoms with van der Waals surface area (Å²) in [5.74, 6) is -5.32. The van der Waals surface area contributed by atoms with Crippen LogP contribution in [0.15, 0.2) is 12.4 Å². The van der Waals surface area contributed by atoms with E-state index in [1.165, 1.54) is 13.8 Å². The second-order valence-electron chi connectivity index (χ2n) is 4.69. The number of halogens is 3. The van der Waals surface area contributed by atoms with Crippen molar-refractivity contribution in [3.8, 4) is 0 Å². The topological polar surface area (TPSA) is 116 Å². The maximum Gasteiger partial charge on any atom is 0.451 e. The first-order valence-corrected chi connectivity index (χ1v) is 7.05. The zero-order valence-electron chi connectivity index (χ0n) is 13.3. The van der Waals surface area contributed by atoms with Crippen molar-refractivity contribution in [3.05, 3.63) is 23.8 Å². The second kappa shape index (κ2) is 8.01. The van der Waals surface area contributed by atoms with Gasteiger partial charge in [0.25, 0.3) is 5.60 Å². The molecule has 0 saturated heterocycles. The molecule has 1 N–H and O–H groups in total. The van der Waals surface area contributed by atoms with Crippen LogP contribution in [0.4, 0.5) is 13.2 Å². The molecule has 0 fully saturated rings. The summed E-state index contributed by atoms with van der Waals surface area (Å²) < 4.78 is 46.3. The van der Waals surface area contributed by atoms with Crippen LogP contribution in [0.3, 0.4) is 0 Å².